The summed E-state index contributed by atoms with van der Waals surface area (Å²) in [5, 5.41) is 18.0. The lowest BCUT2D eigenvalue weighted by Crippen LogP contribution is -2.31. The standard InChI is InChI=1S/C16H20ClN3O4/c1-10-13(16(17)20(2)19-10)7-18-6-11(21)8-22-12-3-4-14-15(5-12)24-9-23-14/h3-5,11,18,21H,6-9H2,1-2H3/t11-/m1/s1. The van der Waals surface area contributed by atoms with E-state index >= 15 is 0 Å². The number of fused-ring (bicyclic) bond motifs is 1. The molecule has 0 spiro atoms. The Bertz CT molecular complexity index is 720. The monoisotopic (exact) mass is 353 g/mol. The Morgan fingerprint density at radius 2 is 2.21 bits per heavy atom. The van der Waals surface area contributed by atoms with Gasteiger partial charge in [0.25, 0.3) is 0 Å². The molecule has 2 heterocycles. The van der Waals surface area contributed by atoms with Crippen LogP contribution >= 0.6 is 11.6 Å². The molecule has 1 aliphatic rings. The van der Waals surface area contributed by atoms with Gasteiger partial charge in [-0.2, -0.15) is 5.10 Å². The minimum absolute atomic E-state index is 0.173. The predicted octanol–water partition coefficient (Wildman–Crippen LogP) is 1.64. The van der Waals surface area contributed by atoms with Gasteiger partial charge in [0.05, 0.1) is 5.69 Å². The molecule has 0 fully saturated rings. The van der Waals surface area contributed by atoms with E-state index in [-0.39, 0.29) is 13.4 Å². The first kappa shape index (κ1) is 16.9. The molecule has 0 radical (unpaired) electrons. The number of hydrogen-bond donors (Lipinski definition) is 2. The van der Waals surface area contributed by atoms with Gasteiger partial charge in [0.1, 0.15) is 23.6 Å². The Labute approximate surface area is 145 Å². The Kier molecular flexibility index (Phi) is 5.13. The van der Waals surface area contributed by atoms with Crippen molar-refractivity contribution in [2.45, 2.75) is 19.6 Å². The van der Waals surface area contributed by atoms with E-state index in [0.717, 1.165) is 11.3 Å². The van der Waals surface area contributed by atoms with Gasteiger partial charge in [0, 0.05) is 31.8 Å². The third kappa shape index (κ3) is 3.75. The van der Waals surface area contributed by atoms with Crippen molar-refractivity contribution in [3.05, 3.63) is 34.6 Å². The highest BCUT2D eigenvalue weighted by Crippen LogP contribution is 2.35. The van der Waals surface area contributed by atoms with E-state index in [9.17, 15) is 5.11 Å². The molecule has 0 bridgehead atoms. The van der Waals surface area contributed by atoms with E-state index in [1.165, 1.54) is 0 Å². The van der Waals surface area contributed by atoms with Crippen molar-refractivity contribution in [3.63, 3.8) is 0 Å². The van der Waals surface area contributed by atoms with Crippen LogP contribution in [-0.4, -0.2) is 40.9 Å². The van der Waals surface area contributed by atoms with Gasteiger partial charge in [-0.1, -0.05) is 11.6 Å². The quantitative estimate of drug-likeness (QED) is 0.788. The fraction of sp³-hybridized carbons (Fsp3) is 0.438. The highest BCUT2D eigenvalue weighted by molar-refractivity contribution is 6.30. The summed E-state index contributed by atoms with van der Waals surface area (Å²) < 4.78 is 17.7. The minimum atomic E-state index is -0.647. The molecule has 2 N–H and O–H groups in total. The molecule has 1 aromatic heterocycles. The Morgan fingerprint density at radius 3 is 2.96 bits per heavy atom. The topological polar surface area (TPSA) is 77.8 Å². The third-order valence-electron chi connectivity index (χ3n) is 3.74. The number of aliphatic hydroxyl groups excluding tert-OH is 1. The molecule has 1 aliphatic heterocycles. The molecule has 24 heavy (non-hydrogen) atoms. The van der Waals surface area contributed by atoms with Crippen LogP contribution in [0.3, 0.4) is 0 Å². The molecule has 130 valence electrons. The molecule has 2 aromatic rings. The normalized spacial score (nSPS) is 14.0. The van der Waals surface area contributed by atoms with E-state index in [1.807, 2.05) is 6.92 Å². The number of rotatable bonds is 7. The summed E-state index contributed by atoms with van der Waals surface area (Å²) in [6.45, 7) is 3.23. The van der Waals surface area contributed by atoms with Crippen LogP contribution in [0.1, 0.15) is 11.3 Å². The average Bonchev–Trinajstić information content (AvgIpc) is 3.12. The van der Waals surface area contributed by atoms with Crippen LogP contribution in [-0.2, 0) is 13.6 Å². The van der Waals surface area contributed by atoms with Gasteiger partial charge in [-0.3, -0.25) is 4.68 Å². The first-order valence-electron chi connectivity index (χ1n) is 7.64. The first-order valence-corrected chi connectivity index (χ1v) is 8.01. The van der Waals surface area contributed by atoms with Crippen molar-refractivity contribution >= 4 is 11.6 Å². The SMILES string of the molecule is Cc1nn(C)c(Cl)c1CNC[C@@H](O)COc1ccc2c(c1)OCO2. The Balaban J connectivity index is 1.43. The number of hydrogen-bond acceptors (Lipinski definition) is 6. The summed E-state index contributed by atoms with van der Waals surface area (Å²) in [5.41, 5.74) is 1.81. The first-order chi connectivity index (χ1) is 11.5. The van der Waals surface area contributed by atoms with Gasteiger partial charge in [-0.15, -0.1) is 0 Å². The lowest BCUT2D eigenvalue weighted by atomic mass is 10.2. The fourth-order valence-corrected chi connectivity index (χ4v) is 2.70. The van der Waals surface area contributed by atoms with Crippen LogP contribution in [0.4, 0.5) is 0 Å². The molecule has 1 aromatic carbocycles. The van der Waals surface area contributed by atoms with Crippen LogP contribution in [0, 0.1) is 6.92 Å². The number of ether oxygens (including phenoxy) is 3. The molecule has 8 heteroatoms. The molecule has 0 amide bonds. The molecule has 0 aliphatic carbocycles. The van der Waals surface area contributed by atoms with Crippen molar-refractivity contribution in [3.8, 4) is 17.2 Å². The number of halogens is 1. The highest BCUT2D eigenvalue weighted by atomic mass is 35.5. The van der Waals surface area contributed by atoms with Crippen molar-refractivity contribution in [1.82, 2.24) is 15.1 Å². The summed E-state index contributed by atoms with van der Waals surface area (Å²) in [6, 6.07) is 5.32. The zero-order valence-electron chi connectivity index (χ0n) is 13.6. The van der Waals surface area contributed by atoms with E-state index in [1.54, 1.807) is 29.9 Å². The second-order valence-electron chi connectivity index (χ2n) is 5.59. The number of aliphatic hydroxyl groups is 1. The maximum atomic E-state index is 10.0. The molecular weight excluding hydrogens is 334 g/mol. The maximum Gasteiger partial charge on any atom is 0.231 e. The summed E-state index contributed by atoms with van der Waals surface area (Å²) in [5.74, 6) is 1.99. The van der Waals surface area contributed by atoms with Gasteiger partial charge >= 0.3 is 0 Å². The molecule has 0 unspecified atom stereocenters. The van der Waals surface area contributed by atoms with Gasteiger partial charge in [-0.05, 0) is 19.1 Å². The lowest BCUT2D eigenvalue weighted by molar-refractivity contribution is 0.106. The van der Waals surface area contributed by atoms with Crippen LogP contribution in [0.2, 0.25) is 5.15 Å². The van der Waals surface area contributed by atoms with Gasteiger partial charge in [0.2, 0.25) is 6.79 Å². The summed E-state index contributed by atoms with van der Waals surface area (Å²) in [7, 11) is 1.80. The summed E-state index contributed by atoms with van der Waals surface area (Å²) in [4.78, 5) is 0. The lowest BCUT2D eigenvalue weighted by Gasteiger charge is -2.13. The maximum absolute atomic E-state index is 10.0. The second-order valence-corrected chi connectivity index (χ2v) is 5.95. The van der Waals surface area contributed by atoms with Crippen molar-refractivity contribution < 1.29 is 19.3 Å². The van der Waals surface area contributed by atoms with Crippen LogP contribution in [0.5, 0.6) is 17.2 Å². The van der Waals surface area contributed by atoms with E-state index in [0.29, 0.717) is 35.5 Å². The van der Waals surface area contributed by atoms with Crippen LogP contribution in [0.25, 0.3) is 0 Å². The van der Waals surface area contributed by atoms with Gasteiger partial charge in [-0.25, -0.2) is 0 Å². The predicted molar refractivity (Wildman–Crippen MR) is 88.7 cm³/mol. The van der Waals surface area contributed by atoms with Crippen LogP contribution in [0.15, 0.2) is 18.2 Å². The Morgan fingerprint density at radius 1 is 1.42 bits per heavy atom. The van der Waals surface area contributed by atoms with Crippen molar-refractivity contribution in [2.24, 2.45) is 7.05 Å². The third-order valence-corrected chi connectivity index (χ3v) is 4.21. The fourth-order valence-electron chi connectivity index (χ4n) is 2.46. The molecule has 0 saturated carbocycles. The molecule has 1 atom stereocenters. The highest BCUT2D eigenvalue weighted by Gasteiger charge is 2.15. The minimum Gasteiger partial charge on any atom is -0.491 e. The number of aromatic nitrogens is 2. The zero-order valence-corrected chi connectivity index (χ0v) is 14.3. The number of nitrogens with zero attached hydrogens (tertiary/aromatic N) is 2. The zero-order chi connectivity index (χ0) is 17.1. The summed E-state index contributed by atoms with van der Waals surface area (Å²) >= 11 is 6.17. The molecule has 0 saturated heterocycles. The largest absolute Gasteiger partial charge is 0.491 e. The number of benzene rings is 1. The Hall–Kier alpha value is -1.96. The smallest absolute Gasteiger partial charge is 0.231 e. The molecular formula is C16H20ClN3O4. The molecule has 3 rings (SSSR count). The second kappa shape index (κ2) is 7.29. The van der Waals surface area contributed by atoms with Crippen LogP contribution < -0.4 is 19.5 Å². The number of nitrogens with one attached hydrogen (secondary N) is 1. The van der Waals surface area contributed by atoms with Crippen molar-refractivity contribution in [2.75, 3.05) is 19.9 Å². The van der Waals surface area contributed by atoms with Gasteiger partial charge in [0.15, 0.2) is 11.5 Å². The van der Waals surface area contributed by atoms with E-state index in [2.05, 4.69) is 10.4 Å². The van der Waals surface area contributed by atoms with E-state index in [4.69, 9.17) is 25.8 Å². The van der Waals surface area contributed by atoms with E-state index < -0.39 is 6.10 Å². The molecule has 7 nitrogen and oxygen atoms in total. The average molecular weight is 354 g/mol. The number of aryl methyl sites for hydroxylation is 2. The van der Waals surface area contributed by atoms with Crippen molar-refractivity contribution in [1.29, 1.82) is 0 Å². The summed E-state index contributed by atoms with van der Waals surface area (Å²) in [6.07, 6.45) is -0.647. The van der Waals surface area contributed by atoms with Gasteiger partial charge < -0.3 is 24.6 Å².